The van der Waals surface area contributed by atoms with Crippen molar-refractivity contribution in [3.8, 4) is 11.8 Å². The quantitative estimate of drug-likeness (QED) is 0.543. The summed E-state index contributed by atoms with van der Waals surface area (Å²) in [6.45, 7) is 13.0. The van der Waals surface area contributed by atoms with Gasteiger partial charge in [-0.3, -0.25) is 4.90 Å². The van der Waals surface area contributed by atoms with E-state index >= 15 is 0 Å². The SMILES string of the molecule is CC(C)CC(C#CC(C)(C)C)N(Cc1ccccc1)Cc1ccccc1. The van der Waals surface area contributed by atoms with Gasteiger partial charge in [-0.05, 0) is 44.2 Å². The number of hydrogen-bond acceptors (Lipinski definition) is 1. The van der Waals surface area contributed by atoms with Crippen LogP contribution in [0.15, 0.2) is 60.7 Å². The third-order valence-electron chi connectivity index (χ3n) is 4.21. The van der Waals surface area contributed by atoms with Crippen LogP contribution in [0, 0.1) is 23.2 Å². The highest BCUT2D eigenvalue weighted by Gasteiger charge is 2.19. The molecule has 0 spiro atoms. The molecule has 2 aromatic rings. The Morgan fingerprint density at radius 2 is 1.27 bits per heavy atom. The number of benzene rings is 2. The first kappa shape index (κ1) is 20.3. The lowest BCUT2D eigenvalue weighted by molar-refractivity contribution is 0.195. The second kappa shape index (κ2) is 9.60. The number of hydrogen-bond donors (Lipinski definition) is 0. The first-order valence-corrected chi connectivity index (χ1v) is 9.68. The monoisotopic (exact) mass is 347 g/mol. The molecule has 0 bridgehead atoms. The van der Waals surface area contributed by atoms with Crippen LogP contribution >= 0.6 is 0 Å². The van der Waals surface area contributed by atoms with Crippen molar-refractivity contribution in [2.45, 2.75) is 60.2 Å². The van der Waals surface area contributed by atoms with Crippen LogP contribution in [0.5, 0.6) is 0 Å². The highest BCUT2D eigenvalue weighted by molar-refractivity contribution is 5.20. The predicted molar refractivity (Wildman–Crippen MR) is 113 cm³/mol. The molecular formula is C25H33N. The molecule has 1 heteroatoms. The zero-order valence-electron chi connectivity index (χ0n) is 17.0. The molecule has 26 heavy (non-hydrogen) atoms. The standard InChI is InChI=1S/C25H33N/c1-21(2)18-24(16-17-25(3,4)5)26(19-22-12-8-6-9-13-22)20-23-14-10-7-11-15-23/h6-15,21,24H,18-20H2,1-5H3. The van der Waals surface area contributed by atoms with Crippen molar-refractivity contribution in [2.75, 3.05) is 0 Å². The van der Waals surface area contributed by atoms with Crippen LogP contribution in [0.1, 0.15) is 52.2 Å². The fraction of sp³-hybridized carbons (Fsp3) is 0.440. The van der Waals surface area contributed by atoms with E-state index in [0.717, 1.165) is 19.5 Å². The Morgan fingerprint density at radius 1 is 0.808 bits per heavy atom. The predicted octanol–water partition coefficient (Wildman–Crippen LogP) is 6.15. The molecule has 1 unspecified atom stereocenters. The van der Waals surface area contributed by atoms with Crippen molar-refractivity contribution in [3.63, 3.8) is 0 Å². The fourth-order valence-corrected chi connectivity index (χ4v) is 2.96. The smallest absolute Gasteiger partial charge is 0.0723 e. The van der Waals surface area contributed by atoms with Gasteiger partial charge < -0.3 is 0 Å². The fourth-order valence-electron chi connectivity index (χ4n) is 2.96. The average molecular weight is 348 g/mol. The zero-order chi connectivity index (χ0) is 19.0. The maximum absolute atomic E-state index is 3.61. The van der Waals surface area contributed by atoms with Crippen molar-refractivity contribution >= 4 is 0 Å². The third-order valence-corrected chi connectivity index (χ3v) is 4.21. The maximum Gasteiger partial charge on any atom is 0.0723 e. The molecule has 2 aromatic carbocycles. The second-order valence-corrected chi connectivity index (χ2v) is 8.54. The second-order valence-electron chi connectivity index (χ2n) is 8.54. The van der Waals surface area contributed by atoms with Gasteiger partial charge in [0.15, 0.2) is 0 Å². The molecule has 0 heterocycles. The molecule has 0 saturated heterocycles. The molecule has 0 fully saturated rings. The summed E-state index contributed by atoms with van der Waals surface area (Å²) in [4.78, 5) is 2.53. The largest absolute Gasteiger partial charge is 0.281 e. The minimum absolute atomic E-state index is 0.0282. The Morgan fingerprint density at radius 3 is 1.65 bits per heavy atom. The summed E-state index contributed by atoms with van der Waals surface area (Å²) in [6.07, 6.45) is 1.09. The minimum atomic E-state index is 0.0282. The molecule has 1 atom stereocenters. The average Bonchev–Trinajstić information content (AvgIpc) is 2.59. The van der Waals surface area contributed by atoms with E-state index in [9.17, 15) is 0 Å². The van der Waals surface area contributed by atoms with Crippen LogP contribution < -0.4 is 0 Å². The molecule has 0 aliphatic carbocycles. The third kappa shape index (κ3) is 7.46. The molecule has 0 radical (unpaired) electrons. The van der Waals surface area contributed by atoms with Gasteiger partial charge in [0.25, 0.3) is 0 Å². The molecule has 0 aliphatic heterocycles. The van der Waals surface area contributed by atoms with Crippen LogP contribution in [-0.2, 0) is 13.1 Å². The highest BCUT2D eigenvalue weighted by Crippen LogP contribution is 2.19. The van der Waals surface area contributed by atoms with E-state index in [0.29, 0.717) is 5.92 Å². The molecule has 0 aromatic heterocycles. The molecular weight excluding hydrogens is 314 g/mol. The molecule has 0 amide bonds. The van der Waals surface area contributed by atoms with E-state index in [-0.39, 0.29) is 11.5 Å². The summed E-state index contributed by atoms with van der Waals surface area (Å²) in [5, 5.41) is 0. The summed E-state index contributed by atoms with van der Waals surface area (Å²) in [5.41, 5.74) is 2.71. The number of rotatable bonds is 7. The summed E-state index contributed by atoms with van der Waals surface area (Å²) in [6, 6.07) is 21.7. The van der Waals surface area contributed by atoms with Crippen LogP contribution in [0.2, 0.25) is 0 Å². The summed E-state index contributed by atoms with van der Waals surface area (Å²) in [5.74, 6) is 7.71. The molecule has 1 nitrogen and oxygen atoms in total. The Bertz CT molecular complexity index is 657. The van der Waals surface area contributed by atoms with Gasteiger partial charge in [-0.2, -0.15) is 0 Å². The van der Waals surface area contributed by atoms with Crippen LogP contribution in [0.4, 0.5) is 0 Å². The van der Waals surface area contributed by atoms with Gasteiger partial charge in [0.2, 0.25) is 0 Å². The van der Waals surface area contributed by atoms with E-state index in [1.807, 2.05) is 0 Å². The van der Waals surface area contributed by atoms with Crippen LogP contribution in [0.3, 0.4) is 0 Å². The highest BCUT2D eigenvalue weighted by atomic mass is 15.1. The van der Waals surface area contributed by atoms with Crippen molar-refractivity contribution in [1.29, 1.82) is 0 Å². The molecule has 0 saturated carbocycles. The number of nitrogens with zero attached hydrogens (tertiary/aromatic N) is 1. The Hall–Kier alpha value is -2.04. The van der Waals surface area contributed by atoms with Gasteiger partial charge in [0.05, 0.1) is 6.04 Å². The van der Waals surface area contributed by atoms with Gasteiger partial charge in [0, 0.05) is 18.5 Å². The molecule has 0 aliphatic rings. The van der Waals surface area contributed by atoms with Crippen molar-refractivity contribution in [1.82, 2.24) is 4.90 Å². The van der Waals surface area contributed by atoms with Gasteiger partial charge >= 0.3 is 0 Å². The van der Waals surface area contributed by atoms with E-state index < -0.39 is 0 Å². The lowest BCUT2D eigenvalue weighted by atomic mass is 9.95. The van der Waals surface area contributed by atoms with Gasteiger partial charge in [0.1, 0.15) is 0 Å². The van der Waals surface area contributed by atoms with Crippen molar-refractivity contribution in [2.24, 2.45) is 11.3 Å². The van der Waals surface area contributed by atoms with E-state index in [4.69, 9.17) is 0 Å². The summed E-state index contributed by atoms with van der Waals surface area (Å²) in [7, 11) is 0. The maximum atomic E-state index is 3.61. The minimum Gasteiger partial charge on any atom is -0.281 e. The summed E-state index contributed by atoms with van der Waals surface area (Å²) < 4.78 is 0. The molecule has 0 N–H and O–H groups in total. The van der Waals surface area contributed by atoms with E-state index in [1.165, 1.54) is 11.1 Å². The Kier molecular flexibility index (Phi) is 7.49. The first-order valence-electron chi connectivity index (χ1n) is 9.68. The van der Waals surface area contributed by atoms with E-state index in [2.05, 4.69) is 112 Å². The van der Waals surface area contributed by atoms with Crippen LogP contribution in [0.25, 0.3) is 0 Å². The van der Waals surface area contributed by atoms with E-state index in [1.54, 1.807) is 0 Å². The van der Waals surface area contributed by atoms with Gasteiger partial charge in [-0.1, -0.05) is 86.4 Å². The zero-order valence-corrected chi connectivity index (χ0v) is 17.0. The first-order chi connectivity index (χ1) is 12.3. The summed E-state index contributed by atoms with van der Waals surface area (Å²) >= 11 is 0. The van der Waals surface area contributed by atoms with Crippen molar-refractivity contribution < 1.29 is 0 Å². The molecule has 2 rings (SSSR count). The van der Waals surface area contributed by atoms with Crippen LogP contribution in [-0.4, -0.2) is 10.9 Å². The van der Waals surface area contributed by atoms with Crippen molar-refractivity contribution in [3.05, 3.63) is 71.8 Å². The Labute approximate surface area is 160 Å². The Balaban J connectivity index is 2.31. The lowest BCUT2D eigenvalue weighted by Gasteiger charge is -2.30. The normalized spacial score (nSPS) is 12.7. The molecule has 138 valence electrons. The van der Waals surface area contributed by atoms with Gasteiger partial charge in [-0.25, -0.2) is 0 Å². The van der Waals surface area contributed by atoms with Gasteiger partial charge in [-0.15, -0.1) is 0 Å². The topological polar surface area (TPSA) is 3.24 Å². The lowest BCUT2D eigenvalue weighted by Crippen LogP contribution is -2.34.